The molecule has 1 aliphatic heterocycles. The average Bonchev–Trinajstić information content (AvgIpc) is 3.24. The Morgan fingerprint density at radius 1 is 0.970 bits per heavy atom. The smallest absolute Gasteiger partial charge is 0.277 e. The number of methoxy groups -OCH3 is 1. The number of rotatable bonds is 4. The molecule has 6 nitrogen and oxygen atoms in total. The van der Waals surface area contributed by atoms with Crippen molar-refractivity contribution in [3.63, 3.8) is 0 Å². The molecule has 0 saturated carbocycles. The molecular formula is C27H22N4O2. The Bertz CT molecular complexity index is 1380. The fraction of sp³-hybridized carbons (Fsp3) is 0.148. The van der Waals surface area contributed by atoms with E-state index in [9.17, 15) is 10.1 Å². The highest BCUT2D eigenvalue weighted by molar-refractivity contribution is 6.07. The molecule has 2 heterocycles. The zero-order chi connectivity index (χ0) is 22.9. The fourth-order valence-corrected chi connectivity index (χ4v) is 4.32. The number of aromatic nitrogens is 2. The van der Waals surface area contributed by atoms with Crippen LogP contribution in [0.25, 0.3) is 16.8 Å². The van der Waals surface area contributed by atoms with Crippen molar-refractivity contribution in [2.75, 3.05) is 18.6 Å². The number of amides is 1. The highest BCUT2D eigenvalue weighted by atomic mass is 16.5. The number of nitriles is 1. The molecule has 0 fully saturated rings. The van der Waals surface area contributed by atoms with Crippen molar-refractivity contribution in [3.8, 4) is 28.6 Å². The second-order valence-electron chi connectivity index (χ2n) is 7.97. The van der Waals surface area contributed by atoms with Crippen molar-refractivity contribution in [2.45, 2.75) is 13.3 Å². The molecule has 3 aromatic carbocycles. The van der Waals surface area contributed by atoms with Crippen molar-refractivity contribution in [2.24, 2.45) is 0 Å². The molecule has 4 aromatic rings. The summed E-state index contributed by atoms with van der Waals surface area (Å²) in [5.41, 5.74) is 6.45. The van der Waals surface area contributed by atoms with Crippen molar-refractivity contribution >= 4 is 11.6 Å². The number of benzene rings is 3. The number of anilines is 1. The first-order valence-electron chi connectivity index (χ1n) is 10.7. The lowest BCUT2D eigenvalue weighted by Gasteiger charge is -2.27. The molecule has 0 bridgehead atoms. The van der Waals surface area contributed by atoms with E-state index in [-0.39, 0.29) is 5.91 Å². The van der Waals surface area contributed by atoms with E-state index in [0.29, 0.717) is 41.4 Å². The Balaban J connectivity index is 1.51. The van der Waals surface area contributed by atoms with Gasteiger partial charge in [0.2, 0.25) is 0 Å². The van der Waals surface area contributed by atoms with E-state index < -0.39 is 0 Å². The summed E-state index contributed by atoms with van der Waals surface area (Å²) < 4.78 is 6.80. The normalized spacial score (nSPS) is 12.9. The predicted octanol–water partition coefficient (Wildman–Crippen LogP) is 4.93. The number of aryl methyl sites for hydroxylation is 1. The number of ether oxygens (including phenoxy) is 1. The van der Waals surface area contributed by atoms with Crippen LogP contribution in [0, 0.1) is 18.3 Å². The fourth-order valence-electron chi connectivity index (χ4n) is 4.32. The third-order valence-corrected chi connectivity index (χ3v) is 6.07. The number of carbonyl (C=O) groups is 1. The molecule has 1 aromatic heterocycles. The third kappa shape index (κ3) is 3.54. The van der Waals surface area contributed by atoms with E-state index in [1.54, 1.807) is 16.7 Å². The van der Waals surface area contributed by atoms with Crippen LogP contribution in [-0.2, 0) is 6.42 Å². The number of fused-ring (bicyclic) bond motifs is 1. The molecule has 1 aliphatic rings. The lowest BCUT2D eigenvalue weighted by Crippen LogP contribution is -2.38. The van der Waals surface area contributed by atoms with Gasteiger partial charge in [0.1, 0.15) is 17.5 Å². The van der Waals surface area contributed by atoms with Crippen molar-refractivity contribution in [1.82, 2.24) is 9.78 Å². The molecule has 0 spiro atoms. The number of carbonyl (C=O) groups excluding carboxylic acids is 1. The highest BCUT2D eigenvalue weighted by Gasteiger charge is 2.33. The first-order valence-corrected chi connectivity index (χ1v) is 10.7. The van der Waals surface area contributed by atoms with Crippen molar-refractivity contribution < 1.29 is 9.53 Å². The molecule has 5 rings (SSSR count). The molecule has 33 heavy (non-hydrogen) atoms. The molecule has 0 N–H and O–H groups in total. The Hall–Kier alpha value is -4.37. The van der Waals surface area contributed by atoms with Gasteiger partial charge in [-0.25, -0.2) is 4.68 Å². The quantitative estimate of drug-likeness (QED) is 0.457. The molecule has 0 atom stereocenters. The Kier molecular flexibility index (Phi) is 5.15. The predicted molar refractivity (Wildman–Crippen MR) is 127 cm³/mol. The largest absolute Gasteiger partial charge is 0.497 e. The SMILES string of the molecule is COc1ccc(-n2nc(C#N)c3c2C(=O)N(c2ccc(-c4ccccc4C)cc2)CC3)cc1. The van der Waals surface area contributed by atoms with Gasteiger partial charge in [0.05, 0.1) is 12.8 Å². The highest BCUT2D eigenvalue weighted by Crippen LogP contribution is 2.31. The molecule has 0 aliphatic carbocycles. The van der Waals surface area contributed by atoms with Crippen LogP contribution < -0.4 is 9.64 Å². The summed E-state index contributed by atoms with van der Waals surface area (Å²) in [7, 11) is 1.60. The van der Waals surface area contributed by atoms with Crippen LogP contribution in [0.3, 0.4) is 0 Å². The summed E-state index contributed by atoms with van der Waals surface area (Å²) in [6, 6.07) is 25.7. The van der Waals surface area contributed by atoms with Gasteiger partial charge >= 0.3 is 0 Å². The van der Waals surface area contributed by atoms with E-state index in [4.69, 9.17) is 4.74 Å². The second-order valence-corrected chi connectivity index (χ2v) is 7.97. The van der Waals surface area contributed by atoms with Crippen LogP contribution in [0.1, 0.15) is 27.3 Å². The van der Waals surface area contributed by atoms with Gasteiger partial charge < -0.3 is 9.64 Å². The summed E-state index contributed by atoms with van der Waals surface area (Å²) >= 11 is 0. The van der Waals surface area contributed by atoms with Gasteiger partial charge in [0, 0.05) is 17.8 Å². The lowest BCUT2D eigenvalue weighted by atomic mass is 9.99. The molecular weight excluding hydrogens is 412 g/mol. The van der Waals surface area contributed by atoms with Crippen LogP contribution in [0.4, 0.5) is 5.69 Å². The average molecular weight is 434 g/mol. The minimum atomic E-state index is -0.162. The number of hydrogen-bond donors (Lipinski definition) is 0. The zero-order valence-corrected chi connectivity index (χ0v) is 18.4. The van der Waals surface area contributed by atoms with Crippen LogP contribution in [-0.4, -0.2) is 29.3 Å². The number of hydrogen-bond acceptors (Lipinski definition) is 4. The lowest BCUT2D eigenvalue weighted by molar-refractivity contribution is 0.0973. The van der Waals surface area contributed by atoms with Gasteiger partial charge in [0.15, 0.2) is 5.69 Å². The Labute approximate surface area is 192 Å². The molecule has 0 saturated heterocycles. The van der Waals surface area contributed by atoms with E-state index in [1.165, 1.54) is 11.1 Å². The molecule has 0 radical (unpaired) electrons. The molecule has 0 unspecified atom stereocenters. The van der Waals surface area contributed by atoms with Gasteiger partial charge in [-0.3, -0.25) is 4.79 Å². The topological polar surface area (TPSA) is 71.1 Å². The van der Waals surface area contributed by atoms with Crippen LogP contribution in [0.2, 0.25) is 0 Å². The standard InChI is InChI=1S/C27H22N4O2/c1-18-5-3-4-6-23(18)19-7-9-20(10-8-19)30-16-15-24-25(17-28)29-31(26(24)27(30)32)21-11-13-22(33-2)14-12-21/h3-14H,15-16H2,1-2H3. The van der Waals surface area contributed by atoms with Crippen LogP contribution >= 0.6 is 0 Å². The maximum absolute atomic E-state index is 13.6. The molecule has 6 heteroatoms. The summed E-state index contributed by atoms with van der Waals surface area (Å²) in [6.07, 6.45) is 0.569. The third-order valence-electron chi connectivity index (χ3n) is 6.07. The van der Waals surface area contributed by atoms with Gasteiger partial charge in [-0.05, 0) is 66.4 Å². The summed E-state index contributed by atoms with van der Waals surface area (Å²) in [5, 5.41) is 14.0. The van der Waals surface area contributed by atoms with Gasteiger partial charge in [0.25, 0.3) is 5.91 Å². The van der Waals surface area contributed by atoms with E-state index in [2.05, 4.69) is 30.2 Å². The molecule has 162 valence electrons. The van der Waals surface area contributed by atoms with Gasteiger partial charge in [-0.15, -0.1) is 0 Å². The Morgan fingerprint density at radius 2 is 1.67 bits per heavy atom. The summed E-state index contributed by atoms with van der Waals surface area (Å²) in [4.78, 5) is 15.4. The zero-order valence-electron chi connectivity index (χ0n) is 18.4. The second kappa shape index (κ2) is 8.29. The molecule has 1 amide bonds. The minimum Gasteiger partial charge on any atom is -0.497 e. The summed E-state index contributed by atoms with van der Waals surface area (Å²) in [6.45, 7) is 2.59. The van der Waals surface area contributed by atoms with Gasteiger partial charge in [-0.1, -0.05) is 36.4 Å². The maximum Gasteiger partial charge on any atom is 0.277 e. The first kappa shape index (κ1) is 20.5. The first-order chi connectivity index (χ1) is 16.1. The Morgan fingerprint density at radius 3 is 2.33 bits per heavy atom. The van der Waals surface area contributed by atoms with Crippen LogP contribution in [0.5, 0.6) is 5.75 Å². The van der Waals surface area contributed by atoms with Crippen molar-refractivity contribution in [3.05, 3.63) is 95.3 Å². The monoisotopic (exact) mass is 434 g/mol. The minimum absolute atomic E-state index is 0.162. The van der Waals surface area contributed by atoms with E-state index >= 15 is 0 Å². The van der Waals surface area contributed by atoms with Crippen molar-refractivity contribution in [1.29, 1.82) is 5.26 Å². The van der Waals surface area contributed by atoms with Gasteiger partial charge in [-0.2, -0.15) is 10.4 Å². The van der Waals surface area contributed by atoms with E-state index in [0.717, 1.165) is 11.3 Å². The summed E-state index contributed by atoms with van der Waals surface area (Å²) in [5.74, 6) is 0.548. The maximum atomic E-state index is 13.6. The number of nitrogens with zero attached hydrogens (tertiary/aromatic N) is 4. The van der Waals surface area contributed by atoms with E-state index in [1.807, 2.05) is 60.7 Å². The van der Waals surface area contributed by atoms with Crippen LogP contribution in [0.15, 0.2) is 72.8 Å².